The van der Waals surface area contributed by atoms with Crippen LogP contribution in [-0.2, 0) is 13.0 Å². The SMILES string of the molecule is Clc1ccc(C2CCCC(NC3CCc4nnnn4CC3)C2)cc1. The van der Waals surface area contributed by atoms with E-state index in [1.807, 2.05) is 16.8 Å². The molecule has 0 spiro atoms. The summed E-state index contributed by atoms with van der Waals surface area (Å²) in [4.78, 5) is 0. The van der Waals surface area contributed by atoms with E-state index in [1.54, 1.807) is 0 Å². The van der Waals surface area contributed by atoms with Gasteiger partial charge in [0.1, 0.15) is 0 Å². The third kappa shape index (κ3) is 3.62. The smallest absolute Gasteiger partial charge is 0.151 e. The highest BCUT2D eigenvalue weighted by molar-refractivity contribution is 6.30. The number of aryl methyl sites for hydroxylation is 2. The van der Waals surface area contributed by atoms with Gasteiger partial charge in [-0.3, -0.25) is 0 Å². The first kappa shape index (κ1) is 16.0. The average Bonchev–Trinajstić information content (AvgIpc) is 2.98. The van der Waals surface area contributed by atoms with E-state index >= 15 is 0 Å². The summed E-state index contributed by atoms with van der Waals surface area (Å²) in [6.45, 7) is 0.924. The van der Waals surface area contributed by atoms with Crippen LogP contribution in [0.2, 0.25) is 5.02 Å². The van der Waals surface area contributed by atoms with Crippen molar-refractivity contribution in [1.29, 1.82) is 0 Å². The molecule has 24 heavy (non-hydrogen) atoms. The lowest BCUT2D eigenvalue weighted by molar-refractivity contribution is 0.295. The molecular formula is C18H24ClN5. The standard InChI is InChI=1S/C18H24ClN5/c19-15-6-4-13(5-7-15)14-2-1-3-17(12-14)20-16-8-9-18-21-22-23-24(18)11-10-16/h4-7,14,16-17,20H,1-3,8-12H2. The van der Waals surface area contributed by atoms with Gasteiger partial charge in [-0.05, 0) is 66.1 Å². The molecule has 1 aromatic heterocycles. The van der Waals surface area contributed by atoms with E-state index in [9.17, 15) is 0 Å². The number of nitrogens with zero attached hydrogens (tertiary/aromatic N) is 4. The van der Waals surface area contributed by atoms with Crippen LogP contribution < -0.4 is 5.32 Å². The second kappa shape index (κ2) is 7.19. The summed E-state index contributed by atoms with van der Waals surface area (Å²) in [6, 6.07) is 9.59. The van der Waals surface area contributed by atoms with Gasteiger partial charge in [-0.2, -0.15) is 0 Å². The Hall–Kier alpha value is -1.46. The zero-order chi connectivity index (χ0) is 16.4. The molecule has 128 valence electrons. The topological polar surface area (TPSA) is 55.6 Å². The first-order chi connectivity index (χ1) is 11.8. The molecule has 0 bridgehead atoms. The average molecular weight is 346 g/mol. The minimum Gasteiger partial charge on any atom is -0.311 e. The van der Waals surface area contributed by atoms with Crippen LogP contribution in [-0.4, -0.2) is 32.3 Å². The molecule has 5 nitrogen and oxygen atoms in total. The molecule has 1 saturated carbocycles. The van der Waals surface area contributed by atoms with Crippen molar-refractivity contribution in [2.45, 2.75) is 69.5 Å². The molecule has 2 heterocycles. The monoisotopic (exact) mass is 345 g/mol. The number of benzene rings is 1. The summed E-state index contributed by atoms with van der Waals surface area (Å²) >= 11 is 6.02. The Kier molecular flexibility index (Phi) is 4.81. The van der Waals surface area contributed by atoms with Crippen LogP contribution >= 0.6 is 11.6 Å². The lowest BCUT2D eigenvalue weighted by Gasteiger charge is -2.33. The van der Waals surface area contributed by atoms with Crippen LogP contribution in [0.1, 0.15) is 55.8 Å². The van der Waals surface area contributed by atoms with Crippen molar-refractivity contribution in [3.8, 4) is 0 Å². The maximum atomic E-state index is 6.02. The molecule has 0 radical (unpaired) electrons. The summed E-state index contributed by atoms with van der Waals surface area (Å²) in [5, 5.41) is 16.7. The fourth-order valence-corrected chi connectivity index (χ4v) is 4.31. The summed E-state index contributed by atoms with van der Waals surface area (Å²) < 4.78 is 1.96. The molecule has 1 fully saturated rings. The van der Waals surface area contributed by atoms with Crippen molar-refractivity contribution >= 4 is 11.6 Å². The van der Waals surface area contributed by atoms with Gasteiger partial charge in [0.25, 0.3) is 0 Å². The van der Waals surface area contributed by atoms with Gasteiger partial charge in [0.15, 0.2) is 5.82 Å². The Labute approximate surface area is 147 Å². The highest BCUT2D eigenvalue weighted by Gasteiger charge is 2.26. The third-order valence-corrected chi connectivity index (χ3v) is 5.75. The molecule has 1 aromatic carbocycles. The predicted octanol–water partition coefficient (Wildman–Crippen LogP) is 3.35. The number of fused-ring (bicyclic) bond motifs is 1. The van der Waals surface area contributed by atoms with E-state index < -0.39 is 0 Å². The summed E-state index contributed by atoms with van der Waals surface area (Å²) in [5.74, 6) is 1.68. The van der Waals surface area contributed by atoms with E-state index in [0.717, 1.165) is 36.7 Å². The molecule has 4 rings (SSSR count). The number of tetrazole rings is 1. The maximum Gasteiger partial charge on any atom is 0.151 e. The van der Waals surface area contributed by atoms with Gasteiger partial charge >= 0.3 is 0 Å². The second-order valence-electron chi connectivity index (χ2n) is 7.12. The van der Waals surface area contributed by atoms with Gasteiger partial charge in [-0.1, -0.05) is 30.2 Å². The molecule has 3 unspecified atom stereocenters. The minimum atomic E-state index is 0.558. The van der Waals surface area contributed by atoms with E-state index in [2.05, 4.69) is 33.0 Å². The number of nitrogens with one attached hydrogen (secondary N) is 1. The fourth-order valence-electron chi connectivity index (χ4n) is 4.18. The van der Waals surface area contributed by atoms with Crippen molar-refractivity contribution in [1.82, 2.24) is 25.5 Å². The Bertz CT molecular complexity index is 646. The Morgan fingerprint density at radius 3 is 2.79 bits per heavy atom. The molecule has 6 heteroatoms. The Morgan fingerprint density at radius 2 is 1.92 bits per heavy atom. The van der Waals surface area contributed by atoms with Crippen molar-refractivity contribution in [2.24, 2.45) is 0 Å². The molecule has 0 saturated heterocycles. The van der Waals surface area contributed by atoms with E-state index in [-0.39, 0.29) is 0 Å². The Morgan fingerprint density at radius 1 is 1.04 bits per heavy atom. The van der Waals surface area contributed by atoms with Crippen molar-refractivity contribution in [2.75, 3.05) is 0 Å². The summed E-state index contributed by atoms with van der Waals surface area (Å²) in [7, 11) is 0. The van der Waals surface area contributed by atoms with Crippen LogP contribution in [0.15, 0.2) is 24.3 Å². The summed E-state index contributed by atoms with van der Waals surface area (Å²) in [6.07, 6.45) is 8.30. The molecule has 2 aromatic rings. The Balaban J connectivity index is 1.35. The molecular weight excluding hydrogens is 322 g/mol. The molecule has 1 aliphatic carbocycles. The first-order valence-electron chi connectivity index (χ1n) is 9.04. The van der Waals surface area contributed by atoms with Crippen molar-refractivity contribution in [3.63, 3.8) is 0 Å². The van der Waals surface area contributed by atoms with E-state index in [1.165, 1.54) is 31.2 Å². The fraction of sp³-hybridized carbons (Fsp3) is 0.611. The number of aromatic nitrogens is 4. The lowest BCUT2D eigenvalue weighted by Crippen LogP contribution is -2.41. The number of rotatable bonds is 3. The maximum absolute atomic E-state index is 6.02. The molecule has 1 aliphatic heterocycles. The van der Waals surface area contributed by atoms with Gasteiger partial charge in [0, 0.05) is 30.1 Å². The number of hydrogen-bond donors (Lipinski definition) is 1. The molecule has 0 amide bonds. The lowest BCUT2D eigenvalue weighted by atomic mass is 9.81. The highest BCUT2D eigenvalue weighted by Crippen LogP contribution is 2.34. The largest absolute Gasteiger partial charge is 0.311 e. The van der Waals surface area contributed by atoms with Crippen LogP contribution in [0.5, 0.6) is 0 Å². The quantitative estimate of drug-likeness (QED) is 0.926. The minimum absolute atomic E-state index is 0.558. The van der Waals surface area contributed by atoms with Crippen LogP contribution in [0.3, 0.4) is 0 Å². The highest BCUT2D eigenvalue weighted by atomic mass is 35.5. The molecule has 1 N–H and O–H groups in total. The zero-order valence-corrected chi connectivity index (χ0v) is 14.6. The van der Waals surface area contributed by atoms with Crippen molar-refractivity contribution < 1.29 is 0 Å². The summed E-state index contributed by atoms with van der Waals surface area (Å²) in [5.41, 5.74) is 1.43. The normalized spacial score (nSPS) is 27.5. The molecule has 2 aliphatic rings. The van der Waals surface area contributed by atoms with E-state index in [4.69, 9.17) is 11.6 Å². The van der Waals surface area contributed by atoms with E-state index in [0.29, 0.717) is 18.0 Å². The van der Waals surface area contributed by atoms with Crippen LogP contribution in [0.25, 0.3) is 0 Å². The van der Waals surface area contributed by atoms with Gasteiger partial charge < -0.3 is 5.32 Å². The van der Waals surface area contributed by atoms with Crippen molar-refractivity contribution in [3.05, 3.63) is 40.7 Å². The van der Waals surface area contributed by atoms with Gasteiger partial charge in [-0.25, -0.2) is 4.68 Å². The zero-order valence-electron chi connectivity index (χ0n) is 13.9. The van der Waals surface area contributed by atoms with Crippen LogP contribution in [0, 0.1) is 0 Å². The first-order valence-corrected chi connectivity index (χ1v) is 9.42. The molecule has 3 atom stereocenters. The predicted molar refractivity (Wildman–Crippen MR) is 94.1 cm³/mol. The van der Waals surface area contributed by atoms with Crippen LogP contribution in [0.4, 0.5) is 0 Å². The van der Waals surface area contributed by atoms with Gasteiger partial charge in [0.2, 0.25) is 0 Å². The van der Waals surface area contributed by atoms with Gasteiger partial charge in [-0.15, -0.1) is 5.10 Å². The second-order valence-corrected chi connectivity index (χ2v) is 7.56. The third-order valence-electron chi connectivity index (χ3n) is 5.50. The number of hydrogen-bond acceptors (Lipinski definition) is 4. The van der Waals surface area contributed by atoms with Gasteiger partial charge in [0.05, 0.1) is 0 Å². The number of halogens is 1.